The van der Waals surface area contributed by atoms with E-state index in [0.29, 0.717) is 0 Å². The van der Waals surface area contributed by atoms with Gasteiger partial charge in [0.05, 0.1) is 0 Å². The van der Waals surface area contributed by atoms with Crippen LogP contribution >= 0.6 is 0 Å². The number of halogens is 1. The molecule has 1 aromatic rings. The van der Waals surface area contributed by atoms with Crippen LogP contribution in [0.5, 0.6) is 0 Å². The monoisotopic (exact) mass is 377 g/mol. The average molecular weight is 378 g/mol. The van der Waals surface area contributed by atoms with E-state index in [1.54, 1.807) is 6.07 Å². The van der Waals surface area contributed by atoms with E-state index in [4.69, 9.17) is 4.99 Å². The largest absolute Gasteiger partial charge is 0.357 e. The lowest BCUT2D eigenvalue weighted by Gasteiger charge is -2.19. The minimum Gasteiger partial charge on any atom is -0.357 e. The zero-order chi connectivity index (χ0) is 19.5. The Morgan fingerprint density at radius 2 is 2.04 bits per heavy atom. The molecule has 1 aromatic carbocycles. The molecule has 0 amide bonds. The summed E-state index contributed by atoms with van der Waals surface area (Å²) in [6, 6.07) is 4.99. The van der Waals surface area contributed by atoms with Gasteiger partial charge >= 0.3 is 0 Å². The third-order valence-corrected chi connectivity index (χ3v) is 5.05. The quantitative estimate of drug-likeness (QED) is 0.414. The highest BCUT2D eigenvalue weighted by atomic mass is 19.1. The maximum absolute atomic E-state index is 13.2. The van der Waals surface area contributed by atoms with Crippen LogP contribution in [0.3, 0.4) is 0 Å². The molecule has 1 aliphatic rings. The molecule has 1 aliphatic heterocycles. The Balaban J connectivity index is 1.71. The van der Waals surface area contributed by atoms with Gasteiger partial charge in [-0.2, -0.15) is 0 Å². The molecular weight excluding hydrogens is 341 g/mol. The van der Waals surface area contributed by atoms with E-state index in [0.717, 1.165) is 63.6 Å². The number of likely N-dealkylation sites (N-methyl/N-ethyl adjacent to an activating group) is 1. The lowest BCUT2D eigenvalue weighted by atomic mass is 10.1. The van der Waals surface area contributed by atoms with E-state index in [2.05, 4.69) is 34.4 Å². The number of nitrogens with one attached hydrogen (secondary N) is 2. The normalized spacial score (nSPS) is 17.0. The molecule has 27 heavy (non-hydrogen) atoms. The molecule has 0 bridgehead atoms. The van der Waals surface area contributed by atoms with E-state index >= 15 is 0 Å². The molecule has 2 N–H and O–H groups in total. The van der Waals surface area contributed by atoms with Crippen molar-refractivity contribution in [3.8, 4) is 0 Å². The number of guanidine groups is 1. The second-order valence-corrected chi connectivity index (χ2v) is 7.36. The fraction of sp³-hybridized carbons (Fsp3) is 0.667. The van der Waals surface area contributed by atoms with Crippen LogP contribution in [0.2, 0.25) is 0 Å². The number of hydrogen-bond acceptors (Lipinski definition) is 3. The van der Waals surface area contributed by atoms with Crippen molar-refractivity contribution in [2.24, 2.45) is 4.99 Å². The highest BCUT2D eigenvalue weighted by Gasteiger charge is 2.11. The third-order valence-electron chi connectivity index (χ3n) is 5.05. The Morgan fingerprint density at radius 1 is 1.19 bits per heavy atom. The van der Waals surface area contributed by atoms with Crippen LogP contribution in [0.1, 0.15) is 30.9 Å². The van der Waals surface area contributed by atoms with Crippen LogP contribution in [0.4, 0.5) is 4.39 Å². The molecule has 0 saturated carbocycles. The summed E-state index contributed by atoms with van der Waals surface area (Å²) >= 11 is 0. The molecule has 2 rings (SSSR count). The summed E-state index contributed by atoms with van der Waals surface area (Å²) in [6.45, 7) is 12.3. The molecule has 0 aliphatic carbocycles. The Morgan fingerprint density at radius 3 is 2.81 bits per heavy atom. The Labute approximate surface area is 164 Å². The molecule has 0 spiro atoms. The zero-order valence-electron chi connectivity index (χ0n) is 17.2. The predicted octanol–water partition coefficient (Wildman–Crippen LogP) is 2.26. The highest BCUT2D eigenvalue weighted by molar-refractivity contribution is 5.79. The fourth-order valence-electron chi connectivity index (χ4n) is 3.41. The second kappa shape index (κ2) is 11.9. The maximum Gasteiger partial charge on any atom is 0.191 e. The van der Waals surface area contributed by atoms with Gasteiger partial charge in [-0.15, -0.1) is 0 Å². The van der Waals surface area contributed by atoms with Crippen LogP contribution in [0.25, 0.3) is 0 Å². The molecule has 1 heterocycles. The molecule has 0 aromatic heterocycles. The lowest BCUT2D eigenvalue weighted by molar-refractivity contribution is 0.275. The van der Waals surface area contributed by atoms with Gasteiger partial charge in [0.1, 0.15) is 5.82 Å². The molecule has 152 valence electrons. The van der Waals surface area contributed by atoms with Crippen LogP contribution in [0, 0.1) is 12.7 Å². The first-order valence-electron chi connectivity index (χ1n) is 10.3. The van der Waals surface area contributed by atoms with Gasteiger partial charge in [-0.25, -0.2) is 4.39 Å². The molecule has 0 atom stereocenters. The number of hydrogen-bond donors (Lipinski definition) is 2. The first kappa shape index (κ1) is 21.6. The first-order chi connectivity index (χ1) is 13.1. The van der Waals surface area contributed by atoms with Crippen molar-refractivity contribution in [2.75, 3.05) is 59.4 Å². The molecule has 0 unspecified atom stereocenters. The summed E-state index contributed by atoms with van der Waals surface area (Å²) in [5, 5.41) is 6.70. The maximum atomic E-state index is 13.2. The average Bonchev–Trinajstić information content (AvgIpc) is 2.84. The minimum absolute atomic E-state index is 0.171. The van der Waals surface area contributed by atoms with Crippen molar-refractivity contribution in [2.45, 2.75) is 33.1 Å². The molecule has 1 saturated heterocycles. The summed E-state index contributed by atoms with van der Waals surface area (Å²) < 4.78 is 13.2. The summed E-state index contributed by atoms with van der Waals surface area (Å²) in [6.07, 6.45) is 3.20. The van der Waals surface area contributed by atoms with E-state index in [1.807, 2.05) is 13.0 Å². The lowest BCUT2D eigenvalue weighted by Crippen LogP contribution is -2.38. The SMILES string of the molecule is CCNC(=NCCCN1CCCN(C)CC1)NCCc1ccc(F)cc1C. The van der Waals surface area contributed by atoms with E-state index in [1.165, 1.54) is 31.1 Å². The highest BCUT2D eigenvalue weighted by Crippen LogP contribution is 2.10. The minimum atomic E-state index is -0.171. The van der Waals surface area contributed by atoms with Crippen molar-refractivity contribution in [1.82, 2.24) is 20.4 Å². The van der Waals surface area contributed by atoms with Gasteiger partial charge < -0.3 is 20.4 Å². The van der Waals surface area contributed by atoms with Crippen LogP contribution in [-0.2, 0) is 6.42 Å². The molecule has 5 nitrogen and oxygen atoms in total. The van der Waals surface area contributed by atoms with Gasteiger partial charge in [0.25, 0.3) is 0 Å². The number of benzene rings is 1. The van der Waals surface area contributed by atoms with Gasteiger partial charge in [-0.1, -0.05) is 6.07 Å². The molecule has 0 radical (unpaired) electrons. The van der Waals surface area contributed by atoms with Crippen molar-refractivity contribution < 1.29 is 4.39 Å². The van der Waals surface area contributed by atoms with E-state index < -0.39 is 0 Å². The van der Waals surface area contributed by atoms with Crippen molar-refractivity contribution in [3.63, 3.8) is 0 Å². The zero-order valence-corrected chi connectivity index (χ0v) is 17.2. The first-order valence-corrected chi connectivity index (χ1v) is 10.3. The summed E-state index contributed by atoms with van der Waals surface area (Å²) in [5.41, 5.74) is 2.17. The van der Waals surface area contributed by atoms with E-state index in [-0.39, 0.29) is 5.82 Å². The molecule has 1 fully saturated rings. The second-order valence-electron chi connectivity index (χ2n) is 7.36. The molecular formula is C21H36FN5. The Bertz CT molecular complexity index is 590. The smallest absolute Gasteiger partial charge is 0.191 e. The van der Waals surface area contributed by atoms with E-state index in [9.17, 15) is 4.39 Å². The van der Waals surface area contributed by atoms with Gasteiger partial charge in [0, 0.05) is 32.7 Å². The standard InChI is InChI=1S/C21H36FN5/c1-4-23-21(25-11-9-19-7-8-20(22)17-18(19)2)24-10-5-13-27-14-6-12-26(3)15-16-27/h7-8,17H,4-6,9-16H2,1-3H3,(H2,23,24,25). The number of aliphatic imine (C=N–C) groups is 1. The number of nitrogens with zero attached hydrogens (tertiary/aromatic N) is 3. The summed E-state index contributed by atoms with van der Waals surface area (Å²) in [7, 11) is 2.20. The predicted molar refractivity (Wildman–Crippen MR) is 112 cm³/mol. The van der Waals surface area contributed by atoms with Crippen LogP contribution in [-0.4, -0.2) is 75.2 Å². The van der Waals surface area contributed by atoms with Crippen molar-refractivity contribution in [1.29, 1.82) is 0 Å². The Kier molecular flexibility index (Phi) is 9.56. The third kappa shape index (κ3) is 8.26. The topological polar surface area (TPSA) is 42.9 Å². The van der Waals surface area contributed by atoms with Crippen LogP contribution in [0.15, 0.2) is 23.2 Å². The fourth-order valence-corrected chi connectivity index (χ4v) is 3.41. The number of aryl methyl sites for hydroxylation is 1. The van der Waals surface area contributed by atoms with Gasteiger partial charge in [-0.05, 0) is 83.1 Å². The van der Waals surface area contributed by atoms with Crippen molar-refractivity contribution in [3.05, 3.63) is 35.1 Å². The summed E-state index contributed by atoms with van der Waals surface area (Å²) in [4.78, 5) is 9.66. The van der Waals surface area contributed by atoms with Crippen LogP contribution < -0.4 is 10.6 Å². The van der Waals surface area contributed by atoms with Gasteiger partial charge in [-0.3, -0.25) is 4.99 Å². The van der Waals surface area contributed by atoms with Gasteiger partial charge in [0.15, 0.2) is 5.96 Å². The summed E-state index contributed by atoms with van der Waals surface area (Å²) in [5.74, 6) is 0.697. The number of rotatable bonds is 8. The Hall–Kier alpha value is -1.66. The van der Waals surface area contributed by atoms with Gasteiger partial charge in [0.2, 0.25) is 0 Å². The van der Waals surface area contributed by atoms with Crippen molar-refractivity contribution >= 4 is 5.96 Å². The molecule has 6 heteroatoms.